The van der Waals surface area contributed by atoms with Crippen LogP contribution in [0.1, 0.15) is 60.3 Å². The summed E-state index contributed by atoms with van der Waals surface area (Å²) < 4.78 is 6.19. The van der Waals surface area contributed by atoms with E-state index in [0.717, 1.165) is 31.7 Å². The number of ether oxygens (including phenoxy) is 1. The fraction of sp³-hybridized carbons (Fsp3) is 1.00. The molecule has 1 saturated heterocycles. The number of rotatable bonds is 4. The number of nitrogens with zero attached hydrogens (tertiary/aromatic N) is 1. The van der Waals surface area contributed by atoms with Gasteiger partial charge in [-0.15, -0.1) is 0 Å². The molecule has 0 aromatic rings. The minimum Gasteiger partial charge on any atom is -0.367 e. The number of hydrogen-bond donors (Lipinski definition) is 1. The molecule has 2 unspecified atom stereocenters. The van der Waals surface area contributed by atoms with E-state index in [9.17, 15) is 0 Å². The molecular weight excluding hydrogens is 236 g/mol. The van der Waals surface area contributed by atoms with E-state index in [1.165, 1.54) is 25.7 Å². The molecule has 2 fully saturated rings. The molecule has 3 heteroatoms. The van der Waals surface area contributed by atoms with Crippen LogP contribution in [0.25, 0.3) is 0 Å². The summed E-state index contributed by atoms with van der Waals surface area (Å²) in [7, 11) is 0. The van der Waals surface area contributed by atoms with Gasteiger partial charge in [0.05, 0.1) is 11.2 Å². The van der Waals surface area contributed by atoms with Crippen molar-refractivity contribution in [2.45, 2.75) is 83.6 Å². The minimum absolute atomic E-state index is 0.0172. The summed E-state index contributed by atoms with van der Waals surface area (Å²) in [4.78, 5) is 2.68. The van der Waals surface area contributed by atoms with Crippen LogP contribution in [0.15, 0.2) is 0 Å². The van der Waals surface area contributed by atoms with E-state index in [1.54, 1.807) is 0 Å². The topological polar surface area (TPSA) is 24.5 Å². The van der Waals surface area contributed by atoms with Gasteiger partial charge in [0.2, 0.25) is 0 Å². The van der Waals surface area contributed by atoms with Gasteiger partial charge in [0.15, 0.2) is 0 Å². The fourth-order valence-corrected chi connectivity index (χ4v) is 3.93. The lowest BCUT2D eigenvalue weighted by atomic mass is 9.97. The summed E-state index contributed by atoms with van der Waals surface area (Å²) in [6.45, 7) is 14.4. The zero-order valence-corrected chi connectivity index (χ0v) is 13.5. The maximum absolute atomic E-state index is 6.19. The van der Waals surface area contributed by atoms with E-state index in [0.29, 0.717) is 0 Å². The van der Waals surface area contributed by atoms with Crippen molar-refractivity contribution in [1.82, 2.24) is 10.2 Å². The summed E-state index contributed by atoms with van der Waals surface area (Å²) in [5.74, 6) is 0. The van der Waals surface area contributed by atoms with E-state index >= 15 is 0 Å². The molecule has 0 spiro atoms. The summed E-state index contributed by atoms with van der Waals surface area (Å²) in [5.41, 5.74) is -0.0344. The highest BCUT2D eigenvalue weighted by Crippen LogP contribution is 2.33. The van der Waals surface area contributed by atoms with E-state index in [2.05, 4.69) is 44.8 Å². The van der Waals surface area contributed by atoms with Crippen LogP contribution in [-0.2, 0) is 4.74 Å². The molecule has 112 valence electrons. The molecule has 2 rings (SSSR count). The van der Waals surface area contributed by atoms with Crippen molar-refractivity contribution >= 4 is 0 Å². The molecule has 1 heterocycles. The summed E-state index contributed by atoms with van der Waals surface area (Å²) in [6.07, 6.45) is 5.22. The molecule has 0 bridgehead atoms. The molecule has 2 atom stereocenters. The molecule has 1 N–H and O–H groups in total. The van der Waals surface area contributed by atoms with Crippen LogP contribution in [0, 0.1) is 0 Å². The first kappa shape index (κ1) is 15.3. The standard InChI is InChI=1S/C16H32N2O/c1-6-9-17-13-7-8-14(10-13)18-11-15(2,3)19-16(4,5)12-18/h13-14,17H,6-12H2,1-5H3. The highest BCUT2D eigenvalue weighted by atomic mass is 16.5. The Kier molecular flexibility index (Phi) is 4.59. The first-order chi connectivity index (χ1) is 8.81. The van der Waals surface area contributed by atoms with Gasteiger partial charge in [-0.2, -0.15) is 0 Å². The predicted molar refractivity (Wildman–Crippen MR) is 80.5 cm³/mol. The van der Waals surface area contributed by atoms with Gasteiger partial charge in [-0.3, -0.25) is 4.90 Å². The van der Waals surface area contributed by atoms with Gasteiger partial charge in [-0.25, -0.2) is 0 Å². The second kappa shape index (κ2) is 5.71. The highest BCUT2D eigenvalue weighted by Gasteiger charge is 2.42. The summed E-state index contributed by atoms with van der Waals surface area (Å²) in [6, 6.07) is 1.48. The fourth-order valence-electron chi connectivity index (χ4n) is 3.93. The van der Waals surface area contributed by atoms with Gasteiger partial charge in [0.25, 0.3) is 0 Å². The molecule has 2 aliphatic rings. The van der Waals surface area contributed by atoms with Gasteiger partial charge in [0.1, 0.15) is 0 Å². The molecule has 3 nitrogen and oxygen atoms in total. The third kappa shape index (κ3) is 4.17. The zero-order valence-electron chi connectivity index (χ0n) is 13.5. The van der Waals surface area contributed by atoms with E-state index in [4.69, 9.17) is 4.74 Å². The maximum Gasteiger partial charge on any atom is 0.0760 e. The van der Waals surface area contributed by atoms with Crippen molar-refractivity contribution in [1.29, 1.82) is 0 Å². The Balaban J connectivity index is 1.91. The maximum atomic E-state index is 6.19. The highest BCUT2D eigenvalue weighted by molar-refractivity contribution is 4.95. The van der Waals surface area contributed by atoms with Crippen molar-refractivity contribution in [3.8, 4) is 0 Å². The lowest BCUT2D eigenvalue weighted by Gasteiger charge is -2.49. The smallest absolute Gasteiger partial charge is 0.0760 e. The van der Waals surface area contributed by atoms with Crippen LogP contribution < -0.4 is 5.32 Å². The quantitative estimate of drug-likeness (QED) is 0.848. The third-order valence-electron chi connectivity index (χ3n) is 4.32. The average Bonchev–Trinajstić information content (AvgIpc) is 2.70. The molecule has 1 saturated carbocycles. The van der Waals surface area contributed by atoms with Crippen LogP contribution in [0.4, 0.5) is 0 Å². The molecular formula is C16H32N2O. The zero-order chi connectivity index (χ0) is 14.1. The Morgan fingerprint density at radius 2 is 1.74 bits per heavy atom. The predicted octanol–water partition coefficient (Wildman–Crippen LogP) is 2.80. The Morgan fingerprint density at radius 3 is 2.32 bits per heavy atom. The van der Waals surface area contributed by atoms with Gasteiger partial charge in [0, 0.05) is 25.2 Å². The first-order valence-electron chi connectivity index (χ1n) is 7.99. The molecule has 0 aromatic carbocycles. The Morgan fingerprint density at radius 1 is 1.11 bits per heavy atom. The lowest BCUT2D eigenvalue weighted by Crippen LogP contribution is -2.59. The van der Waals surface area contributed by atoms with Crippen molar-refractivity contribution < 1.29 is 4.74 Å². The lowest BCUT2D eigenvalue weighted by molar-refractivity contribution is -0.187. The van der Waals surface area contributed by atoms with Crippen molar-refractivity contribution in [2.75, 3.05) is 19.6 Å². The molecule has 0 aromatic heterocycles. The minimum atomic E-state index is -0.0172. The third-order valence-corrected chi connectivity index (χ3v) is 4.32. The van der Waals surface area contributed by atoms with Crippen LogP contribution >= 0.6 is 0 Å². The normalized spacial score (nSPS) is 34.6. The first-order valence-corrected chi connectivity index (χ1v) is 7.99. The van der Waals surface area contributed by atoms with Gasteiger partial charge >= 0.3 is 0 Å². The molecule has 0 radical (unpaired) electrons. The second-order valence-electron chi connectivity index (χ2n) is 7.64. The SMILES string of the molecule is CCCNC1CCC(N2CC(C)(C)OC(C)(C)C2)C1. The number of hydrogen-bond acceptors (Lipinski definition) is 3. The van der Waals surface area contributed by atoms with Gasteiger partial charge in [-0.05, 0) is 59.9 Å². The van der Waals surface area contributed by atoms with Crippen LogP contribution in [-0.4, -0.2) is 47.8 Å². The Hall–Kier alpha value is -0.120. The van der Waals surface area contributed by atoms with Crippen LogP contribution in [0.3, 0.4) is 0 Å². The van der Waals surface area contributed by atoms with Crippen molar-refractivity contribution in [2.24, 2.45) is 0 Å². The summed E-state index contributed by atoms with van der Waals surface area (Å²) >= 11 is 0. The molecule has 19 heavy (non-hydrogen) atoms. The van der Waals surface area contributed by atoms with Crippen molar-refractivity contribution in [3.05, 3.63) is 0 Å². The molecule has 1 aliphatic heterocycles. The van der Waals surface area contributed by atoms with Gasteiger partial charge < -0.3 is 10.1 Å². The average molecular weight is 268 g/mol. The number of morpholine rings is 1. The summed E-state index contributed by atoms with van der Waals surface area (Å²) in [5, 5.41) is 3.68. The molecule has 1 aliphatic carbocycles. The molecule has 0 amide bonds. The Labute approximate surface area is 119 Å². The monoisotopic (exact) mass is 268 g/mol. The van der Waals surface area contributed by atoms with Crippen LogP contribution in [0.2, 0.25) is 0 Å². The van der Waals surface area contributed by atoms with Crippen LogP contribution in [0.5, 0.6) is 0 Å². The van der Waals surface area contributed by atoms with Crippen molar-refractivity contribution in [3.63, 3.8) is 0 Å². The van der Waals surface area contributed by atoms with E-state index < -0.39 is 0 Å². The largest absolute Gasteiger partial charge is 0.367 e. The van der Waals surface area contributed by atoms with E-state index in [-0.39, 0.29) is 11.2 Å². The van der Waals surface area contributed by atoms with Gasteiger partial charge in [-0.1, -0.05) is 6.92 Å². The number of nitrogens with one attached hydrogen (secondary N) is 1. The second-order valence-corrected chi connectivity index (χ2v) is 7.64. The Bertz CT molecular complexity index is 285. The van der Waals surface area contributed by atoms with E-state index in [1.807, 2.05) is 0 Å².